The Morgan fingerprint density at radius 3 is 2.00 bits per heavy atom. The van der Waals surface area contributed by atoms with E-state index in [1.165, 1.54) is 7.11 Å². The van der Waals surface area contributed by atoms with Crippen molar-refractivity contribution < 1.29 is 19.1 Å². The van der Waals surface area contributed by atoms with Gasteiger partial charge in [-0.2, -0.15) is 5.26 Å². The van der Waals surface area contributed by atoms with E-state index in [0.717, 1.165) is 86.9 Å². The number of esters is 1. The van der Waals surface area contributed by atoms with E-state index < -0.39 is 5.97 Å². The van der Waals surface area contributed by atoms with Crippen molar-refractivity contribution in [3.63, 3.8) is 0 Å². The van der Waals surface area contributed by atoms with Gasteiger partial charge in [-0.05, 0) is 80.1 Å². The number of nitrogens with one attached hydrogen (secondary N) is 1. The zero-order valence-electron chi connectivity index (χ0n) is 31.0. The summed E-state index contributed by atoms with van der Waals surface area (Å²) in [6.07, 6.45) is 5.58. The normalized spacial score (nSPS) is 21.7. The van der Waals surface area contributed by atoms with Gasteiger partial charge in [0, 0.05) is 73.9 Å². The Kier molecular flexibility index (Phi) is 10.3. The van der Waals surface area contributed by atoms with E-state index in [4.69, 9.17) is 9.47 Å². The minimum Gasteiger partial charge on any atom is -0.489 e. The highest BCUT2D eigenvalue weighted by Gasteiger charge is 2.64. The topological polar surface area (TPSA) is 124 Å². The van der Waals surface area contributed by atoms with E-state index in [2.05, 4.69) is 75.9 Å². The Labute approximate surface area is 301 Å². The zero-order valence-corrected chi connectivity index (χ0v) is 31.0. The fourth-order valence-corrected chi connectivity index (χ4v) is 8.75. The van der Waals surface area contributed by atoms with E-state index in [-0.39, 0.29) is 34.7 Å². The highest BCUT2D eigenvalue weighted by molar-refractivity contribution is 5.95. The zero-order chi connectivity index (χ0) is 36.5. The average molecular weight is 694 g/mol. The number of aromatic nitrogens is 2. The number of carbonyl (C=O) groups is 2. The molecule has 11 heteroatoms. The van der Waals surface area contributed by atoms with Crippen LogP contribution in [0.3, 0.4) is 0 Å². The molecule has 3 aromatic rings. The first-order valence-corrected chi connectivity index (χ1v) is 18.0. The summed E-state index contributed by atoms with van der Waals surface area (Å²) >= 11 is 0. The van der Waals surface area contributed by atoms with Crippen LogP contribution in [0.1, 0.15) is 78.2 Å². The second kappa shape index (κ2) is 14.5. The molecule has 0 atom stereocenters. The van der Waals surface area contributed by atoms with E-state index in [1.54, 1.807) is 12.4 Å². The second-order valence-electron chi connectivity index (χ2n) is 15.6. The van der Waals surface area contributed by atoms with Crippen molar-refractivity contribution in [1.29, 1.82) is 5.26 Å². The molecule has 3 fully saturated rings. The van der Waals surface area contributed by atoms with Crippen LogP contribution in [0.25, 0.3) is 0 Å². The van der Waals surface area contributed by atoms with Gasteiger partial charge in [-0.3, -0.25) is 9.69 Å². The van der Waals surface area contributed by atoms with Crippen molar-refractivity contribution in [2.24, 2.45) is 16.7 Å². The molecule has 2 aromatic carbocycles. The molecule has 0 radical (unpaired) electrons. The number of piperidine rings is 1. The number of hydrogen-bond acceptors (Lipinski definition) is 10. The number of ether oxygens (including phenoxy) is 2. The third kappa shape index (κ3) is 7.38. The van der Waals surface area contributed by atoms with E-state index in [1.807, 2.05) is 38.1 Å². The van der Waals surface area contributed by atoms with Gasteiger partial charge in [0.1, 0.15) is 11.9 Å². The predicted molar refractivity (Wildman–Crippen MR) is 197 cm³/mol. The minimum atomic E-state index is -0.525. The third-order valence-corrected chi connectivity index (χ3v) is 11.4. The molecule has 3 aliphatic rings. The lowest BCUT2D eigenvalue weighted by molar-refractivity contribution is -0.164. The first-order valence-electron chi connectivity index (χ1n) is 18.0. The molecule has 0 spiro atoms. The number of carbonyl (C=O) groups excluding carboxylic acids is 2. The molecule has 0 bridgehead atoms. The van der Waals surface area contributed by atoms with Crippen LogP contribution in [-0.2, 0) is 4.74 Å². The van der Waals surface area contributed by atoms with Gasteiger partial charge in [0.25, 0.3) is 5.91 Å². The maximum Gasteiger partial charge on any atom is 0.376 e. The van der Waals surface area contributed by atoms with Gasteiger partial charge < -0.3 is 24.6 Å². The standard InChI is InChI=1S/C40H51N7O4/c1-26-20-32(21-27(2)33(26)22-41)51-38-39(3,4)37(40(38,5)6)44-35(48)29-8-10-30(11-9-29)46-14-12-28(13-15-46)25-45-16-18-47(19-17-45)31-23-42-34(43-24-31)36(49)50-7/h8-11,20-21,23-24,28,37-38H,12-19,25H2,1-7H3,(H,44,48). The van der Waals surface area contributed by atoms with Crippen LogP contribution in [0, 0.1) is 41.9 Å². The number of amides is 1. The van der Waals surface area contributed by atoms with Gasteiger partial charge in [0.2, 0.25) is 5.82 Å². The van der Waals surface area contributed by atoms with Crippen molar-refractivity contribution >= 4 is 23.3 Å². The molecule has 2 saturated heterocycles. The molecule has 11 nitrogen and oxygen atoms in total. The summed E-state index contributed by atoms with van der Waals surface area (Å²) in [5.41, 5.74) is 4.67. The quantitative estimate of drug-likeness (QED) is 0.292. The summed E-state index contributed by atoms with van der Waals surface area (Å²) in [6, 6.07) is 14.1. The summed E-state index contributed by atoms with van der Waals surface area (Å²) in [5.74, 6) is 0.907. The number of aryl methyl sites for hydroxylation is 2. The summed E-state index contributed by atoms with van der Waals surface area (Å²) < 4.78 is 11.2. The highest BCUT2D eigenvalue weighted by atomic mass is 16.5. The van der Waals surface area contributed by atoms with Crippen LogP contribution in [0.4, 0.5) is 11.4 Å². The summed E-state index contributed by atoms with van der Waals surface area (Å²) in [6.45, 7) is 19.4. The fraction of sp³-hybridized carbons (Fsp3) is 0.525. The molecule has 1 aromatic heterocycles. The fourth-order valence-electron chi connectivity index (χ4n) is 8.75. The Morgan fingerprint density at radius 1 is 0.882 bits per heavy atom. The summed E-state index contributed by atoms with van der Waals surface area (Å²) in [5, 5.41) is 12.8. The molecule has 1 N–H and O–H groups in total. The monoisotopic (exact) mass is 693 g/mol. The Morgan fingerprint density at radius 2 is 1.45 bits per heavy atom. The van der Waals surface area contributed by atoms with Crippen LogP contribution < -0.4 is 19.9 Å². The van der Waals surface area contributed by atoms with Crippen molar-refractivity contribution in [3.05, 3.63) is 76.9 Å². The first-order chi connectivity index (χ1) is 24.3. The van der Waals surface area contributed by atoms with Gasteiger partial charge in [0.05, 0.1) is 36.8 Å². The van der Waals surface area contributed by atoms with Crippen LogP contribution in [-0.4, -0.2) is 91.8 Å². The van der Waals surface area contributed by atoms with Crippen molar-refractivity contribution in [2.75, 3.05) is 62.7 Å². The maximum atomic E-state index is 13.5. The molecule has 0 unspecified atom stereocenters. The minimum absolute atomic E-state index is 0.0687. The largest absolute Gasteiger partial charge is 0.489 e. The van der Waals surface area contributed by atoms with Crippen molar-refractivity contribution in [3.8, 4) is 11.8 Å². The van der Waals surface area contributed by atoms with E-state index in [0.29, 0.717) is 17.0 Å². The SMILES string of the molecule is COC(=O)c1ncc(N2CCN(CC3CCN(c4ccc(C(=O)NC5C(C)(C)C(Oc6cc(C)c(C#N)c(C)c6)C5(C)C)cc4)CC3)CC2)cn1. The maximum absolute atomic E-state index is 13.5. The number of nitrogens with zero attached hydrogens (tertiary/aromatic N) is 6. The van der Waals surface area contributed by atoms with Crippen LogP contribution in [0.15, 0.2) is 48.8 Å². The molecule has 2 aliphatic heterocycles. The number of piperazine rings is 1. The number of hydrogen-bond donors (Lipinski definition) is 1. The van der Waals surface area contributed by atoms with Gasteiger partial charge >= 0.3 is 5.97 Å². The first kappa shape index (κ1) is 36.1. The van der Waals surface area contributed by atoms with Crippen molar-refractivity contribution in [2.45, 2.75) is 66.5 Å². The molecule has 3 heterocycles. The van der Waals surface area contributed by atoms with Gasteiger partial charge in [-0.15, -0.1) is 0 Å². The summed E-state index contributed by atoms with van der Waals surface area (Å²) in [7, 11) is 1.33. The second-order valence-corrected chi connectivity index (χ2v) is 15.6. The van der Waals surface area contributed by atoms with Crippen LogP contribution in [0.2, 0.25) is 0 Å². The number of anilines is 2. The number of rotatable bonds is 9. The Hall–Kier alpha value is -4.69. The lowest BCUT2D eigenvalue weighted by Gasteiger charge is -2.63. The lowest BCUT2D eigenvalue weighted by atomic mass is 9.49. The molecule has 1 aliphatic carbocycles. The van der Waals surface area contributed by atoms with E-state index >= 15 is 0 Å². The molecule has 6 rings (SSSR count). The average Bonchev–Trinajstić information content (AvgIpc) is 3.13. The van der Waals surface area contributed by atoms with Gasteiger partial charge in [-0.1, -0.05) is 27.7 Å². The molecule has 1 saturated carbocycles. The Balaban J connectivity index is 0.960. The van der Waals surface area contributed by atoms with Crippen molar-refractivity contribution in [1.82, 2.24) is 20.2 Å². The van der Waals surface area contributed by atoms with Crippen LogP contribution >= 0.6 is 0 Å². The third-order valence-electron chi connectivity index (χ3n) is 11.4. The van der Waals surface area contributed by atoms with Gasteiger partial charge in [-0.25, -0.2) is 14.8 Å². The summed E-state index contributed by atoms with van der Waals surface area (Å²) in [4.78, 5) is 40.7. The molecule has 51 heavy (non-hydrogen) atoms. The highest BCUT2D eigenvalue weighted by Crippen LogP contribution is 2.55. The smallest absolute Gasteiger partial charge is 0.376 e. The van der Waals surface area contributed by atoms with E-state index in [9.17, 15) is 14.9 Å². The van der Waals surface area contributed by atoms with Crippen LogP contribution in [0.5, 0.6) is 5.75 Å². The lowest BCUT2D eigenvalue weighted by Crippen LogP contribution is -2.74. The number of nitriles is 1. The van der Waals surface area contributed by atoms with Gasteiger partial charge in [0.15, 0.2) is 0 Å². The Bertz CT molecular complexity index is 1730. The predicted octanol–water partition coefficient (Wildman–Crippen LogP) is 5.40. The molecular weight excluding hydrogens is 642 g/mol. The number of benzene rings is 2. The molecule has 270 valence electrons. The molecule has 1 amide bonds. The number of methoxy groups -OCH3 is 1. The molecular formula is C40H51N7O4.